The number of aryl methyl sites for hydroxylation is 1. The number of hydrogen-bond donors (Lipinski definition) is 3. The zero-order chi connectivity index (χ0) is 34.6. The standard InChI is InChI=1S/C36H45ClN4O7S/c1-39-15-3-2-7-31(42)28-11-8-25(28)21-40-22-35(14-4-6-24-18-27(37)10-12-29(24)35)23-48-32-13-9-26(19-30(32)40)36(45,20-33(39)43)34(44)38-49(46,47)41-16-5-17-41/h2,7,9-10,12-13,18-19,25,28,31,42,45H,3-6,8,11,14-17,20-23H2,1H3,(H,38,44)/b7-2+/t25-,28+,31-,35-,36+/m0/s1. The number of benzene rings is 2. The van der Waals surface area contributed by atoms with Crippen molar-refractivity contribution >= 4 is 39.3 Å². The van der Waals surface area contributed by atoms with Crippen LogP contribution in [0.1, 0.15) is 61.6 Å². The quantitative estimate of drug-likeness (QED) is 0.413. The molecule has 2 aromatic rings. The Morgan fingerprint density at radius 2 is 1.92 bits per heavy atom. The molecule has 13 heteroatoms. The minimum Gasteiger partial charge on any atom is -0.490 e. The number of nitrogens with one attached hydrogen (secondary N) is 1. The molecule has 0 unspecified atom stereocenters. The predicted molar refractivity (Wildman–Crippen MR) is 186 cm³/mol. The number of anilines is 1. The first-order valence-electron chi connectivity index (χ1n) is 17.3. The van der Waals surface area contributed by atoms with Crippen LogP contribution < -0.4 is 14.4 Å². The van der Waals surface area contributed by atoms with Crippen molar-refractivity contribution in [1.82, 2.24) is 13.9 Å². The van der Waals surface area contributed by atoms with Gasteiger partial charge in [-0.15, -0.1) is 0 Å². The van der Waals surface area contributed by atoms with Gasteiger partial charge in [0.1, 0.15) is 5.75 Å². The van der Waals surface area contributed by atoms with Gasteiger partial charge in [-0.3, -0.25) is 9.59 Å². The average molecular weight is 713 g/mol. The van der Waals surface area contributed by atoms with E-state index in [-0.39, 0.29) is 35.9 Å². The molecule has 2 fully saturated rings. The normalized spacial score (nSPS) is 31.3. The summed E-state index contributed by atoms with van der Waals surface area (Å²) in [5.74, 6) is -0.903. The molecule has 0 radical (unpaired) electrons. The Morgan fingerprint density at radius 3 is 2.65 bits per heavy atom. The van der Waals surface area contributed by atoms with E-state index in [0.717, 1.165) is 36.4 Å². The highest BCUT2D eigenvalue weighted by molar-refractivity contribution is 7.87. The fraction of sp³-hybridized carbons (Fsp3) is 0.556. The Labute approximate surface area is 293 Å². The molecule has 2 aromatic carbocycles. The Balaban J connectivity index is 1.33. The number of fused-ring (bicyclic) bond motifs is 4. The number of amides is 2. The first-order valence-corrected chi connectivity index (χ1v) is 19.1. The van der Waals surface area contributed by atoms with Crippen LogP contribution in [-0.2, 0) is 37.2 Å². The number of aliphatic hydroxyl groups is 2. The average Bonchev–Trinajstić information content (AvgIpc) is 3.16. The molecule has 3 aliphatic heterocycles. The third-order valence-corrected chi connectivity index (χ3v) is 13.2. The number of hydrogen-bond acceptors (Lipinski definition) is 8. The smallest absolute Gasteiger partial charge is 0.303 e. The van der Waals surface area contributed by atoms with Crippen LogP contribution in [0.25, 0.3) is 0 Å². The highest BCUT2D eigenvalue weighted by Crippen LogP contribution is 2.47. The van der Waals surface area contributed by atoms with Crippen LogP contribution in [0.15, 0.2) is 48.6 Å². The Kier molecular flexibility index (Phi) is 9.23. The van der Waals surface area contributed by atoms with E-state index in [0.29, 0.717) is 55.5 Å². The SMILES string of the molecule is CN1CC/C=C/[C@H](O)[C@@H]2CC[C@H]2CN2C[C@@]3(CCCc4cc(Cl)ccc43)COc3ccc(cc32)[C@@](O)(C(=O)NS(=O)(=O)N2CCC2)CC1=O. The van der Waals surface area contributed by atoms with Gasteiger partial charge in [0.05, 0.1) is 24.8 Å². The summed E-state index contributed by atoms with van der Waals surface area (Å²) in [6, 6.07) is 11.0. The van der Waals surface area contributed by atoms with Gasteiger partial charge in [-0.25, -0.2) is 4.72 Å². The lowest BCUT2D eigenvalue weighted by Crippen LogP contribution is -2.55. The van der Waals surface area contributed by atoms with E-state index in [1.165, 1.54) is 16.0 Å². The van der Waals surface area contributed by atoms with Crippen LogP contribution in [0.4, 0.5) is 5.69 Å². The molecule has 3 heterocycles. The monoisotopic (exact) mass is 712 g/mol. The zero-order valence-corrected chi connectivity index (χ0v) is 29.4. The molecule has 1 spiro atoms. The minimum absolute atomic E-state index is 0.0575. The lowest BCUT2D eigenvalue weighted by atomic mass is 9.68. The number of carbonyl (C=O) groups excluding carboxylic acids is 2. The zero-order valence-electron chi connectivity index (χ0n) is 27.8. The fourth-order valence-electron chi connectivity index (χ4n) is 8.16. The van der Waals surface area contributed by atoms with E-state index in [9.17, 15) is 28.2 Å². The molecule has 5 atom stereocenters. The summed E-state index contributed by atoms with van der Waals surface area (Å²) >= 11 is 6.42. The fourth-order valence-corrected chi connectivity index (χ4v) is 9.62. The number of nitrogens with zero attached hydrogens (tertiary/aromatic N) is 3. The summed E-state index contributed by atoms with van der Waals surface area (Å²) in [5.41, 5.74) is 0.273. The Morgan fingerprint density at radius 1 is 1.10 bits per heavy atom. The Bertz CT molecular complexity index is 1770. The van der Waals surface area contributed by atoms with Crippen LogP contribution >= 0.6 is 11.6 Å². The van der Waals surface area contributed by atoms with Crippen LogP contribution in [0.5, 0.6) is 5.75 Å². The van der Waals surface area contributed by atoms with Gasteiger partial charge in [0.15, 0.2) is 5.60 Å². The van der Waals surface area contributed by atoms with E-state index in [2.05, 4.69) is 15.7 Å². The van der Waals surface area contributed by atoms with Crippen LogP contribution in [0.2, 0.25) is 5.02 Å². The van der Waals surface area contributed by atoms with Gasteiger partial charge in [0, 0.05) is 50.2 Å². The topological polar surface area (TPSA) is 140 Å². The van der Waals surface area contributed by atoms with Crippen molar-refractivity contribution in [2.45, 2.75) is 68.5 Å². The molecule has 11 nitrogen and oxygen atoms in total. The summed E-state index contributed by atoms with van der Waals surface area (Å²) in [6.45, 7) is 2.44. The van der Waals surface area contributed by atoms with Crippen molar-refractivity contribution in [3.05, 3.63) is 70.3 Å². The summed E-state index contributed by atoms with van der Waals surface area (Å²) in [6.07, 6.45) is 8.15. The van der Waals surface area contributed by atoms with Gasteiger partial charge in [-0.05, 0) is 97.7 Å². The van der Waals surface area contributed by atoms with Gasteiger partial charge in [0.25, 0.3) is 5.91 Å². The summed E-state index contributed by atoms with van der Waals surface area (Å²) in [4.78, 5) is 31.1. The van der Waals surface area contributed by atoms with Gasteiger partial charge in [-0.1, -0.05) is 35.9 Å². The van der Waals surface area contributed by atoms with Gasteiger partial charge in [-0.2, -0.15) is 12.7 Å². The van der Waals surface area contributed by atoms with Crippen molar-refractivity contribution < 1.29 is 33.0 Å². The molecule has 1 saturated carbocycles. The number of halogens is 1. The van der Waals surface area contributed by atoms with Crippen LogP contribution in [-0.4, -0.2) is 92.1 Å². The van der Waals surface area contributed by atoms with E-state index in [4.69, 9.17) is 16.3 Å². The molecule has 7 rings (SSSR count). The summed E-state index contributed by atoms with van der Waals surface area (Å²) < 4.78 is 35.9. The lowest BCUT2D eigenvalue weighted by molar-refractivity contribution is -0.148. The highest BCUT2D eigenvalue weighted by Gasteiger charge is 2.47. The molecule has 264 valence electrons. The molecule has 3 N–H and O–H groups in total. The van der Waals surface area contributed by atoms with E-state index in [1.54, 1.807) is 25.2 Å². The van der Waals surface area contributed by atoms with Crippen LogP contribution in [0, 0.1) is 11.8 Å². The van der Waals surface area contributed by atoms with Crippen molar-refractivity contribution in [1.29, 1.82) is 0 Å². The second-order valence-electron chi connectivity index (χ2n) is 14.5. The molecular formula is C36H45ClN4O7S. The van der Waals surface area contributed by atoms with Gasteiger partial charge >= 0.3 is 10.2 Å². The predicted octanol–water partition coefficient (Wildman–Crippen LogP) is 3.26. The molecule has 2 bridgehead atoms. The molecular weight excluding hydrogens is 668 g/mol. The number of ether oxygens (including phenoxy) is 1. The maximum absolute atomic E-state index is 13.9. The van der Waals surface area contributed by atoms with E-state index >= 15 is 0 Å². The molecule has 5 aliphatic rings. The van der Waals surface area contributed by atoms with E-state index < -0.39 is 40.1 Å². The molecule has 2 amide bonds. The molecule has 1 saturated heterocycles. The summed E-state index contributed by atoms with van der Waals surface area (Å²) in [5, 5.41) is 24.1. The maximum atomic E-state index is 13.9. The molecule has 2 aliphatic carbocycles. The highest BCUT2D eigenvalue weighted by atomic mass is 35.5. The second kappa shape index (κ2) is 13.2. The maximum Gasteiger partial charge on any atom is 0.303 e. The van der Waals surface area contributed by atoms with Gasteiger partial charge < -0.3 is 24.7 Å². The Hall–Kier alpha value is -3.16. The lowest BCUT2D eigenvalue weighted by Gasteiger charge is -2.45. The van der Waals surface area contributed by atoms with Crippen molar-refractivity contribution in [3.63, 3.8) is 0 Å². The van der Waals surface area contributed by atoms with Crippen molar-refractivity contribution in [2.24, 2.45) is 11.8 Å². The van der Waals surface area contributed by atoms with E-state index in [1.807, 2.05) is 24.3 Å². The minimum atomic E-state index is -4.21. The van der Waals surface area contributed by atoms with Crippen LogP contribution in [0.3, 0.4) is 0 Å². The molecule has 0 aromatic heterocycles. The summed E-state index contributed by atoms with van der Waals surface area (Å²) in [7, 11) is -2.63. The van der Waals surface area contributed by atoms with Crippen molar-refractivity contribution in [3.8, 4) is 5.75 Å². The number of carbonyl (C=O) groups is 2. The second-order valence-corrected chi connectivity index (χ2v) is 16.6. The first-order chi connectivity index (χ1) is 23.4. The third kappa shape index (κ3) is 6.46. The molecule has 49 heavy (non-hydrogen) atoms. The first kappa shape index (κ1) is 34.3. The van der Waals surface area contributed by atoms with Gasteiger partial charge in [0.2, 0.25) is 5.91 Å². The van der Waals surface area contributed by atoms with Crippen molar-refractivity contribution in [2.75, 3.05) is 51.3 Å². The number of aliphatic hydroxyl groups excluding tert-OH is 1. The largest absolute Gasteiger partial charge is 0.490 e. The third-order valence-electron chi connectivity index (χ3n) is 11.4. The number of rotatable bonds is 3.